The second kappa shape index (κ2) is 7.59. The van der Waals surface area contributed by atoms with Crippen molar-refractivity contribution in [3.05, 3.63) is 23.7 Å². The molecule has 0 spiro atoms. The summed E-state index contributed by atoms with van der Waals surface area (Å²) in [6.07, 6.45) is 3.09. The highest BCUT2D eigenvalue weighted by Gasteiger charge is 2.08. The Hall–Kier alpha value is -0.800. The summed E-state index contributed by atoms with van der Waals surface area (Å²) in [4.78, 5) is 2.33. The lowest BCUT2D eigenvalue weighted by molar-refractivity contribution is 0.254. The van der Waals surface area contributed by atoms with Crippen LogP contribution in [0.25, 0.3) is 0 Å². The summed E-state index contributed by atoms with van der Waals surface area (Å²) in [7, 11) is 2.15. The summed E-state index contributed by atoms with van der Waals surface area (Å²) in [6, 6.07) is 2.67. The fourth-order valence-corrected chi connectivity index (χ4v) is 1.92. The van der Waals surface area contributed by atoms with Crippen LogP contribution in [0.15, 0.2) is 16.7 Å². The number of hydrogen-bond donors (Lipinski definition) is 1. The van der Waals surface area contributed by atoms with E-state index in [1.54, 1.807) is 0 Å². The molecular weight excluding hydrogens is 224 g/mol. The minimum atomic E-state index is 0.511. The molecule has 3 nitrogen and oxygen atoms in total. The molecule has 1 heterocycles. The van der Waals surface area contributed by atoms with Crippen LogP contribution in [0.4, 0.5) is 0 Å². The normalized spacial score (nSPS) is 13.5. The number of nitrogens with zero attached hydrogens (tertiary/aromatic N) is 1. The first-order chi connectivity index (χ1) is 8.51. The summed E-state index contributed by atoms with van der Waals surface area (Å²) < 4.78 is 5.60. The zero-order valence-electron chi connectivity index (χ0n) is 12.5. The van der Waals surface area contributed by atoms with Gasteiger partial charge in [-0.25, -0.2) is 0 Å². The standard InChI is InChI=1S/C15H28N2O/c1-6-13(4)9-17(5)10-15-7-14(11-18-15)8-16-12(2)3/h7,11-13,16H,6,8-10H2,1-5H3. The summed E-state index contributed by atoms with van der Waals surface area (Å²) in [6.45, 7) is 11.7. The van der Waals surface area contributed by atoms with Gasteiger partial charge in [0.25, 0.3) is 0 Å². The van der Waals surface area contributed by atoms with E-state index in [9.17, 15) is 0 Å². The first kappa shape index (κ1) is 15.3. The molecule has 0 saturated carbocycles. The van der Waals surface area contributed by atoms with Crippen LogP contribution in [-0.2, 0) is 13.1 Å². The fraction of sp³-hybridized carbons (Fsp3) is 0.733. The molecule has 3 heteroatoms. The third-order valence-corrected chi connectivity index (χ3v) is 3.17. The number of hydrogen-bond acceptors (Lipinski definition) is 3. The predicted octanol–water partition coefficient (Wildman–Crippen LogP) is 3.26. The highest BCUT2D eigenvalue weighted by molar-refractivity contribution is 5.12. The van der Waals surface area contributed by atoms with E-state index < -0.39 is 0 Å². The lowest BCUT2D eigenvalue weighted by Crippen LogP contribution is -2.23. The molecule has 18 heavy (non-hydrogen) atoms. The highest BCUT2D eigenvalue weighted by atomic mass is 16.3. The van der Waals surface area contributed by atoms with E-state index in [0.717, 1.165) is 31.3 Å². The van der Waals surface area contributed by atoms with Crippen LogP contribution >= 0.6 is 0 Å². The molecule has 0 bridgehead atoms. The molecule has 1 aromatic heterocycles. The van der Waals surface area contributed by atoms with Crippen LogP contribution in [0, 0.1) is 5.92 Å². The molecule has 1 rings (SSSR count). The van der Waals surface area contributed by atoms with Gasteiger partial charge >= 0.3 is 0 Å². The Bertz CT molecular complexity index is 333. The summed E-state index contributed by atoms with van der Waals surface area (Å²) in [5, 5.41) is 3.40. The first-order valence-corrected chi connectivity index (χ1v) is 6.99. The van der Waals surface area contributed by atoms with Crippen LogP contribution in [0.3, 0.4) is 0 Å². The molecule has 0 fully saturated rings. The van der Waals surface area contributed by atoms with Gasteiger partial charge in [0, 0.05) is 24.7 Å². The molecule has 0 aliphatic carbocycles. The second-order valence-corrected chi connectivity index (χ2v) is 5.67. The Morgan fingerprint density at radius 2 is 2.06 bits per heavy atom. The van der Waals surface area contributed by atoms with Gasteiger partial charge in [0.05, 0.1) is 12.8 Å². The Balaban J connectivity index is 2.38. The van der Waals surface area contributed by atoms with Gasteiger partial charge in [0.15, 0.2) is 0 Å². The van der Waals surface area contributed by atoms with E-state index in [0.29, 0.717) is 6.04 Å². The maximum absolute atomic E-state index is 5.60. The van der Waals surface area contributed by atoms with E-state index in [-0.39, 0.29) is 0 Å². The van der Waals surface area contributed by atoms with Crippen molar-refractivity contribution < 1.29 is 4.42 Å². The van der Waals surface area contributed by atoms with Crippen LogP contribution in [0.5, 0.6) is 0 Å². The van der Waals surface area contributed by atoms with Crippen molar-refractivity contribution in [2.75, 3.05) is 13.6 Å². The van der Waals surface area contributed by atoms with Crippen molar-refractivity contribution in [1.29, 1.82) is 0 Å². The fourth-order valence-electron chi connectivity index (χ4n) is 1.92. The van der Waals surface area contributed by atoms with Crippen molar-refractivity contribution in [3.63, 3.8) is 0 Å². The van der Waals surface area contributed by atoms with Gasteiger partial charge in [-0.05, 0) is 19.0 Å². The van der Waals surface area contributed by atoms with Crippen molar-refractivity contribution >= 4 is 0 Å². The van der Waals surface area contributed by atoms with Gasteiger partial charge in [0.2, 0.25) is 0 Å². The molecule has 0 radical (unpaired) electrons. The van der Waals surface area contributed by atoms with Crippen molar-refractivity contribution in [2.24, 2.45) is 5.92 Å². The minimum absolute atomic E-state index is 0.511. The minimum Gasteiger partial charge on any atom is -0.468 e. The van der Waals surface area contributed by atoms with Gasteiger partial charge in [-0.2, -0.15) is 0 Å². The molecule has 1 atom stereocenters. The van der Waals surface area contributed by atoms with Gasteiger partial charge < -0.3 is 9.73 Å². The Morgan fingerprint density at radius 3 is 2.67 bits per heavy atom. The molecule has 0 amide bonds. The first-order valence-electron chi connectivity index (χ1n) is 6.99. The average molecular weight is 252 g/mol. The molecule has 1 unspecified atom stereocenters. The Morgan fingerprint density at radius 1 is 1.33 bits per heavy atom. The second-order valence-electron chi connectivity index (χ2n) is 5.67. The SMILES string of the molecule is CCC(C)CN(C)Cc1cc(CNC(C)C)co1. The van der Waals surface area contributed by atoms with Crippen LogP contribution in [0.2, 0.25) is 0 Å². The maximum atomic E-state index is 5.60. The topological polar surface area (TPSA) is 28.4 Å². The lowest BCUT2D eigenvalue weighted by Gasteiger charge is -2.18. The zero-order valence-corrected chi connectivity index (χ0v) is 12.5. The van der Waals surface area contributed by atoms with Crippen molar-refractivity contribution in [3.8, 4) is 0 Å². The van der Waals surface area contributed by atoms with Crippen molar-refractivity contribution in [1.82, 2.24) is 10.2 Å². The molecule has 1 N–H and O–H groups in total. The van der Waals surface area contributed by atoms with E-state index in [4.69, 9.17) is 4.42 Å². The third-order valence-electron chi connectivity index (χ3n) is 3.17. The third kappa shape index (κ3) is 5.69. The Kier molecular flexibility index (Phi) is 6.44. The monoisotopic (exact) mass is 252 g/mol. The molecule has 0 aliphatic rings. The van der Waals surface area contributed by atoms with Gasteiger partial charge in [0.1, 0.15) is 5.76 Å². The Labute approximate surface area is 112 Å². The molecular formula is C15H28N2O. The summed E-state index contributed by atoms with van der Waals surface area (Å²) >= 11 is 0. The van der Waals surface area contributed by atoms with Crippen LogP contribution in [-0.4, -0.2) is 24.5 Å². The molecule has 0 saturated heterocycles. The summed E-state index contributed by atoms with van der Waals surface area (Å²) in [5.41, 5.74) is 1.23. The van der Waals surface area contributed by atoms with E-state index in [1.165, 1.54) is 12.0 Å². The quantitative estimate of drug-likeness (QED) is 0.770. The molecule has 1 aromatic rings. The van der Waals surface area contributed by atoms with E-state index in [1.807, 2.05) is 6.26 Å². The zero-order chi connectivity index (χ0) is 13.5. The van der Waals surface area contributed by atoms with Gasteiger partial charge in [-0.3, -0.25) is 4.90 Å². The largest absolute Gasteiger partial charge is 0.468 e. The van der Waals surface area contributed by atoms with Crippen LogP contribution in [0.1, 0.15) is 45.4 Å². The average Bonchev–Trinajstić information content (AvgIpc) is 2.73. The van der Waals surface area contributed by atoms with Gasteiger partial charge in [-0.1, -0.05) is 34.1 Å². The highest BCUT2D eigenvalue weighted by Crippen LogP contribution is 2.12. The predicted molar refractivity (Wildman–Crippen MR) is 76.5 cm³/mol. The maximum Gasteiger partial charge on any atom is 0.118 e. The molecule has 0 aromatic carbocycles. The molecule has 104 valence electrons. The summed E-state index contributed by atoms with van der Waals surface area (Å²) in [5.74, 6) is 1.80. The number of rotatable bonds is 8. The van der Waals surface area contributed by atoms with Crippen LogP contribution < -0.4 is 5.32 Å². The smallest absolute Gasteiger partial charge is 0.118 e. The number of nitrogens with one attached hydrogen (secondary N) is 1. The van der Waals surface area contributed by atoms with E-state index >= 15 is 0 Å². The van der Waals surface area contributed by atoms with E-state index in [2.05, 4.69) is 51.0 Å². The molecule has 0 aliphatic heterocycles. The van der Waals surface area contributed by atoms with Crippen molar-refractivity contribution in [2.45, 2.75) is 53.2 Å². The lowest BCUT2D eigenvalue weighted by atomic mass is 10.1. The number of furan rings is 1. The van der Waals surface area contributed by atoms with Gasteiger partial charge in [-0.15, -0.1) is 0 Å².